The molecule has 0 unspecified atom stereocenters. The Hall–Kier alpha value is -3.90. The molecule has 392 valence electrons. The van der Waals surface area contributed by atoms with Crippen LogP contribution in [0.4, 0.5) is 0 Å². The molecule has 20 nitrogen and oxygen atoms in total. The van der Waals surface area contributed by atoms with Gasteiger partial charge in [-0.3, -0.25) is 0 Å². The summed E-state index contributed by atoms with van der Waals surface area (Å²) in [6.07, 6.45) is 8.85. The van der Waals surface area contributed by atoms with Crippen molar-refractivity contribution < 1.29 is 78.6 Å². The molecule has 8 N–H and O–H groups in total. The van der Waals surface area contributed by atoms with Gasteiger partial charge in [0.25, 0.3) is 0 Å². The van der Waals surface area contributed by atoms with Crippen LogP contribution in [0.1, 0.15) is 114 Å². The van der Waals surface area contributed by atoms with Crippen LogP contribution in [0, 0.1) is 0 Å². The predicted octanol–water partition coefficient (Wildman–Crippen LogP) is 1.91. The maximum absolute atomic E-state index is 10.2. The lowest BCUT2D eigenvalue weighted by atomic mass is 9.99. The highest BCUT2D eigenvalue weighted by Gasteiger charge is 2.45. The number of aliphatic hydroxyl groups is 8. The van der Waals surface area contributed by atoms with Crippen LogP contribution in [0.25, 0.3) is 10.8 Å². The third-order valence-corrected chi connectivity index (χ3v) is 13.3. The van der Waals surface area contributed by atoms with Gasteiger partial charge >= 0.3 is 0 Å². The van der Waals surface area contributed by atoms with Crippen molar-refractivity contribution in [3.8, 4) is 11.5 Å². The van der Waals surface area contributed by atoms with Gasteiger partial charge in [-0.2, -0.15) is 0 Å². The van der Waals surface area contributed by atoms with Crippen LogP contribution in [0.15, 0.2) is 48.8 Å². The summed E-state index contributed by atoms with van der Waals surface area (Å²) in [4.78, 5) is 0. The molecule has 2 saturated heterocycles. The summed E-state index contributed by atoms with van der Waals surface area (Å²) >= 11 is 0. The number of aromatic nitrogens is 6. The van der Waals surface area contributed by atoms with Crippen molar-refractivity contribution in [2.24, 2.45) is 14.1 Å². The van der Waals surface area contributed by atoms with Crippen molar-refractivity contribution in [1.82, 2.24) is 19.8 Å². The van der Waals surface area contributed by atoms with Gasteiger partial charge in [0, 0.05) is 0 Å². The van der Waals surface area contributed by atoms with E-state index in [0.717, 1.165) is 98.1 Å². The van der Waals surface area contributed by atoms with Crippen LogP contribution in [-0.2, 0) is 59.3 Å². The molecule has 0 saturated carbocycles. The molecule has 0 spiro atoms. The second kappa shape index (κ2) is 29.0. The summed E-state index contributed by atoms with van der Waals surface area (Å²) in [5.41, 5.74) is 1.53. The fourth-order valence-electron chi connectivity index (χ4n) is 8.88. The van der Waals surface area contributed by atoms with E-state index in [0.29, 0.717) is 13.2 Å². The van der Waals surface area contributed by atoms with E-state index in [1.165, 1.54) is 51.4 Å². The van der Waals surface area contributed by atoms with Crippen LogP contribution in [0.5, 0.6) is 11.5 Å². The Labute approximate surface area is 410 Å². The van der Waals surface area contributed by atoms with E-state index in [-0.39, 0.29) is 13.2 Å². The van der Waals surface area contributed by atoms with Gasteiger partial charge in [-0.25, -0.2) is 0 Å². The largest absolute Gasteiger partial charge is 0.494 e. The number of aliphatic hydroxyl groups excluding tert-OH is 8. The number of hydrogen-bond donors (Lipinski definition) is 8. The fourth-order valence-corrected chi connectivity index (χ4v) is 8.88. The number of fused-ring (bicyclic) bond motifs is 1. The highest BCUT2D eigenvalue weighted by Crippen LogP contribution is 2.27. The molecular formula is C50H80N6O14+2. The molecule has 10 atom stereocenters. The number of ether oxygens (including phenoxy) is 6. The smallest absolute Gasteiger partial charge is 0.193 e. The number of rotatable bonds is 32. The lowest BCUT2D eigenvalue weighted by Gasteiger charge is -2.39. The molecule has 20 heteroatoms. The molecule has 70 heavy (non-hydrogen) atoms. The first-order valence-corrected chi connectivity index (χ1v) is 25.4. The first kappa shape index (κ1) is 55.4. The summed E-state index contributed by atoms with van der Waals surface area (Å²) in [5, 5.41) is 90.4. The van der Waals surface area contributed by atoms with Crippen LogP contribution in [0.3, 0.4) is 0 Å². The van der Waals surface area contributed by atoms with Crippen molar-refractivity contribution in [2.45, 2.75) is 190 Å². The number of hydrogen-bond acceptors (Lipinski definition) is 16. The SMILES string of the molecule is Cn1n[n+](CCCCCCCCCCOc2ccc3cc(OCCCCCCCCCC[n+]4cc(CO[C@@H]5O[C@H](CO)[C@H](O)[C@H](O)[C@H]5O)n(C)n4)ccc3c2)cc1CO[C@@H]1O[C@H](CO)[C@H](O)[C@H](O)[C@H]1O. The van der Waals surface area contributed by atoms with Gasteiger partial charge in [0.05, 0.1) is 36.9 Å². The number of unbranched alkanes of at least 4 members (excludes halogenated alkanes) is 14. The molecule has 0 amide bonds. The Morgan fingerprint density at radius 2 is 0.843 bits per heavy atom. The van der Waals surface area contributed by atoms with E-state index in [1.807, 2.05) is 48.0 Å². The Bertz CT molecular complexity index is 1960. The Kier molecular flexibility index (Phi) is 22.9. The lowest BCUT2D eigenvalue weighted by Crippen LogP contribution is -2.59. The zero-order valence-corrected chi connectivity index (χ0v) is 41.1. The molecule has 2 fully saturated rings. The highest BCUT2D eigenvalue weighted by atomic mass is 16.7. The van der Waals surface area contributed by atoms with Gasteiger partial charge in [-0.05, 0) is 73.6 Å². The van der Waals surface area contributed by atoms with E-state index in [1.54, 1.807) is 9.36 Å². The van der Waals surface area contributed by atoms with E-state index < -0.39 is 74.6 Å². The maximum Gasteiger partial charge on any atom is 0.193 e. The number of aryl methyl sites for hydroxylation is 4. The first-order valence-electron chi connectivity index (χ1n) is 25.4. The summed E-state index contributed by atoms with van der Waals surface area (Å²) in [6.45, 7) is 2.13. The Balaban J connectivity index is 0.727. The molecule has 4 heterocycles. The van der Waals surface area contributed by atoms with Crippen molar-refractivity contribution in [3.05, 3.63) is 60.2 Å². The van der Waals surface area contributed by atoms with Gasteiger partial charge < -0.3 is 69.3 Å². The van der Waals surface area contributed by atoms with Crippen molar-refractivity contribution in [2.75, 3.05) is 26.4 Å². The molecular weight excluding hydrogens is 909 g/mol. The summed E-state index contributed by atoms with van der Waals surface area (Å²) in [6, 6.07) is 12.5. The van der Waals surface area contributed by atoms with Crippen LogP contribution >= 0.6 is 0 Å². The molecule has 0 radical (unpaired) electrons. The third kappa shape index (κ3) is 16.6. The molecule has 0 aliphatic carbocycles. The summed E-state index contributed by atoms with van der Waals surface area (Å²) in [5.74, 6) is 1.78. The quantitative estimate of drug-likeness (QED) is 0.0257. The van der Waals surface area contributed by atoms with E-state index in [2.05, 4.69) is 34.7 Å². The van der Waals surface area contributed by atoms with Crippen LogP contribution in [0.2, 0.25) is 0 Å². The van der Waals surface area contributed by atoms with Crippen molar-refractivity contribution in [1.29, 1.82) is 0 Å². The van der Waals surface area contributed by atoms with Gasteiger partial charge in [0.15, 0.2) is 36.4 Å². The zero-order valence-electron chi connectivity index (χ0n) is 41.1. The average Bonchev–Trinajstić information content (AvgIpc) is 3.91. The standard InChI is InChI=1S/C50H80N6O14/c1-53-37(33-67-49-47(63)45(61)43(59)41(31-57)69-49)29-55(51-53)23-15-11-7-3-5-9-13-17-25-65-39-21-19-36-28-40(22-20-35(36)27-39)66-26-18-14-10-6-4-8-12-16-24-56-30-38(54(2)52-56)34-68-50-48(64)46(62)44(60)42(32-58)70-50/h19-22,27-30,41-50,57-64H,3-18,23-26,31-34H2,1-2H3/q+2/t41-,42-,43+,44+,45+,46+,47-,48-,49-,50-/m1/s1. The zero-order chi connectivity index (χ0) is 49.8. The maximum atomic E-state index is 10.2. The number of nitrogens with zero attached hydrogens (tertiary/aromatic N) is 6. The van der Waals surface area contributed by atoms with Crippen LogP contribution < -0.4 is 18.8 Å². The summed E-state index contributed by atoms with van der Waals surface area (Å²) < 4.78 is 41.5. The number of benzene rings is 2. The van der Waals surface area contributed by atoms with Gasteiger partial charge in [0.1, 0.15) is 101 Å². The Morgan fingerprint density at radius 1 is 0.486 bits per heavy atom. The van der Waals surface area contributed by atoms with Crippen molar-refractivity contribution in [3.63, 3.8) is 0 Å². The summed E-state index contributed by atoms with van der Waals surface area (Å²) in [7, 11) is 3.62. The second-order valence-electron chi connectivity index (χ2n) is 18.8. The topological polar surface area (TPSA) is 261 Å². The van der Waals surface area contributed by atoms with E-state index in [9.17, 15) is 40.9 Å². The third-order valence-electron chi connectivity index (χ3n) is 13.3. The Morgan fingerprint density at radius 3 is 1.21 bits per heavy atom. The normalized spacial score (nSPS) is 24.9. The van der Waals surface area contributed by atoms with Gasteiger partial charge in [-0.15, -0.1) is 18.7 Å². The molecule has 2 aliphatic rings. The van der Waals surface area contributed by atoms with E-state index in [4.69, 9.17) is 28.4 Å². The molecule has 6 rings (SSSR count). The van der Waals surface area contributed by atoms with Gasteiger partial charge in [0.2, 0.25) is 0 Å². The molecule has 4 aromatic rings. The minimum Gasteiger partial charge on any atom is -0.494 e. The molecule has 2 aliphatic heterocycles. The lowest BCUT2D eigenvalue weighted by molar-refractivity contribution is -0.755. The van der Waals surface area contributed by atoms with Gasteiger partial charge in [-0.1, -0.05) is 76.3 Å². The second-order valence-corrected chi connectivity index (χ2v) is 18.8. The minimum atomic E-state index is -1.48. The molecule has 2 aromatic heterocycles. The molecule has 2 aromatic carbocycles. The monoisotopic (exact) mass is 989 g/mol. The van der Waals surface area contributed by atoms with E-state index >= 15 is 0 Å². The first-order chi connectivity index (χ1) is 33.9. The van der Waals surface area contributed by atoms with Crippen molar-refractivity contribution >= 4 is 10.8 Å². The highest BCUT2D eigenvalue weighted by molar-refractivity contribution is 5.85. The minimum absolute atomic E-state index is 0.0843. The average molecular weight is 989 g/mol. The van der Waals surface area contributed by atoms with Crippen LogP contribution in [-0.4, -0.2) is 148 Å². The fraction of sp³-hybridized carbons (Fsp3) is 0.720. The molecule has 0 bridgehead atoms. The predicted molar refractivity (Wildman–Crippen MR) is 253 cm³/mol.